The topological polar surface area (TPSA) is 96.2 Å². The lowest BCUT2D eigenvalue weighted by Crippen LogP contribution is -2.39. The zero-order valence-electron chi connectivity index (χ0n) is 19.1. The maximum atomic E-state index is 13.4. The molecule has 2 fully saturated rings. The van der Waals surface area contributed by atoms with Gasteiger partial charge in [0.2, 0.25) is 11.8 Å². The Morgan fingerprint density at radius 1 is 1.18 bits per heavy atom. The van der Waals surface area contributed by atoms with Crippen LogP contribution in [0.1, 0.15) is 62.2 Å². The highest BCUT2D eigenvalue weighted by atomic mass is 19.4. The number of hydrogen-bond acceptors (Lipinski definition) is 8. The fourth-order valence-electron chi connectivity index (χ4n) is 4.90. The molecule has 1 N–H and O–H groups in total. The fraction of sp³-hybridized carbons (Fsp3) is 0.727. The van der Waals surface area contributed by atoms with Crippen molar-refractivity contribution < 1.29 is 27.4 Å². The lowest BCUT2D eigenvalue weighted by atomic mass is 9.85. The van der Waals surface area contributed by atoms with Gasteiger partial charge < -0.3 is 24.1 Å². The molecule has 2 aromatic rings. The Morgan fingerprint density at radius 3 is 2.76 bits per heavy atom. The third kappa shape index (κ3) is 4.97. The lowest BCUT2D eigenvalue weighted by Gasteiger charge is -2.31. The summed E-state index contributed by atoms with van der Waals surface area (Å²) in [5.41, 5.74) is -0.980. The second-order valence-electron chi connectivity index (χ2n) is 9.09. The molecule has 0 aromatic carbocycles. The van der Waals surface area contributed by atoms with Gasteiger partial charge in [0, 0.05) is 37.7 Å². The minimum absolute atomic E-state index is 0.0167. The van der Waals surface area contributed by atoms with E-state index in [9.17, 15) is 13.2 Å². The number of nitrogens with one attached hydrogen (secondary N) is 1. The molecule has 0 amide bonds. The summed E-state index contributed by atoms with van der Waals surface area (Å²) in [6.45, 7) is 4.03. The second kappa shape index (κ2) is 9.65. The van der Waals surface area contributed by atoms with E-state index in [4.69, 9.17) is 14.2 Å². The summed E-state index contributed by atoms with van der Waals surface area (Å²) >= 11 is 0. The second-order valence-corrected chi connectivity index (χ2v) is 9.09. The molecular weight excluding hydrogens is 453 g/mol. The SMILES string of the molecule is CCO[C@H]1CCn2c(nnc2[C@H]2CCC[C@@H](Nc3ncc(C(F)(F)F)c(OC4COC4)n3)C2)C1. The van der Waals surface area contributed by atoms with E-state index in [0.717, 1.165) is 62.9 Å². The van der Waals surface area contributed by atoms with Gasteiger partial charge in [-0.25, -0.2) is 4.98 Å². The molecule has 34 heavy (non-hydrogen) atoms. The van der Waals surface area contributed by atoms with Crippen LogP contribution >= 0.6 is 0 Å². The average molecular weight is 483 g/mol. The van der Waals surface area contributed by atoms with Gasteiger partial charge in [-0.1, -0.05) is 6.42 Å². The molecule has 186 valence electrons. The first-order chi connectivity index (χ1) is 16.4. The third-order valence-electron chi connectivity index (χ3n) is 6.66. The Kier molecular flexibility index (Phi) is 6.61. The number of nitrogens with zero attached hydrogens (tertiary/aromatic N) is 5. The molecule has 0 unspecified atom stereocenters. The summed E-state index contributed by atoms with van der Waals surface area (Å²) in [5, 5.41) is 12.1. The van der Waals surface area contributed by atoms with E-state index in [0.29, 0.717) is 6.61 Å². The van der Waals surface area contributed by atoms with Crippen LogP contribution in [0.5, 0.6) is 5.88 Å². The summed E-state index contributed by atoms with van der Waals surface area (Å²) in [6.07, 6.45) is 1.28. The summed E-state index contributed by atoms with van der Waals surface area (Å²) in [5.74, 6) is 1.84. The van der Waals surface area contributed by atoms with Crippen molar-refractivity contribution in [3.63, 3.8) is 0 Å². The van der Waals surface area contributed by atoms with Gasteiger partial charge in [0.1, 0.15) is 23.3 Å². The van der Waals surface area contributed by atoms with Crippen LogP contribution in [-0.2, 0) is 28.6 Å². The Morgan fingerprint density at radius 2 is 2.03 bits per heavy atom. The minimum Gasteiger partial charge on any atom is -0.469 e. The van der Waals surface area contributed by atoms with Crippen molar-refractivity contribution in [2.45, 2.75) is 82.3 Å². The number of halogens is 3. The first-order valence-corrected chi connectivity index (χ1v) is 11.9. The highest BCUT2D eigenvalue weighted by Gasteiger charge is 2.38. The maximum absolute atomic E-state index is 13.4. The van der Waals surface area contributed by atoms with E-state index < -0.39 is 23.7 Å². The summed E-state index contributed by atoms with van der Waals surface area (Å²) in [6, 6.07) is 0.0167. The summed E-state index contributed by atoms with van der Waals surface area (Å²) in [7, 11) is 0. The van der Waals surface area contributed by atoms with Crippen LogP contribution < -0.4 is 10.1 Å². The summed E-state index contributed by atoms with van der Waals surface area (Å²) in [4.78, 5) is 8.01. The molecule has 5 rings (SSSR count). The highest BCUT2D eigenvalue weighted by molar-refractivity contribution is 5.36. The molecule has 2 aromatic heterocycles. The number of anilines is 1. The smallest absolute Gasteiger partial charge is 0.423 e. The van der Waals surface area contributed by atoms with Gasteiger partial charge in [-0.15, -0.1) is 10.2 Å². The van der Waals surface area contributed by atoms with Crippen molar-refractivity contribution in [3.05, 3.63) is 23.4 Å². The van der Waals surface area contributed by atoms with E-state index in [1.165, 1.54) is 0 Å². The van der Waals surface area contributed by atoms with E-state index in [2.05, 4.69) is 30.0 Å². The number of hydrogen-bond donors (Lipinski definition) is 1. The highest BCUT2D eigenvalue weighted by Crippen LogP contribution is 2.37. The van der Waals surface area contributed by atoms with Gasteiger partial charge in [-0.3, -0.25) is 0 Å². The van der Waals surface area contributed by atoms with Crippen molar-refractivity contribution in [3.8, 4) is 5.88 Å². The minimum atomic E-state index is -4.59. The zero-order valence-corrected chi connectivity index (χ0v) is 19.1. The molecule has 9 nitrogen and oxygen atoms in total. The van der Waals surface area contributed by atoms with Crippen LogP contribution in [0.4, 0.5) is 19.1 Å². The molecule has 12 heteroatoms. The van der Waals surface area contributed by atoms with E-state index in [1.807, 2.05) is 6.92 Å². The quantitative estimate of drug-likeness (QED) is 0.642. The molecule has 3 aliphatic rings. The molecule has 1 aliphatic carbocycles. The molecule has 1 saturated heterocycles. The number of aromatic nitrogens is 5. The zero-order chi connectivity index (χ0) is 23.7. The predicted octanol–water partition coefficient (Wildman–Crippen LogP) is 3.35. The Hall–Kier alpha value is -2.47. The van der Waals surface area contributed by atoms with Crippen molar-refractivity contribution in [2.75, 3.05) is 25.1 Å². The first-order valence-electron chi connectivity index (χ1n) is 11.9. The first kappa shape index (κ1) is 23.3. The standard InChI is InChI=1S/C22H29F3N6O3/c1-2-33-15-6-7-31-18(9-15)29-30-19(31)13-4-3-5-14(8-13)27-21-26-10-17(22(23,24)25)20(28-21)34-16-11-32-12-16/h10,13-16H,2-9,11-12H2,1H3,(H,26,27,28)/t13-,14+,15-/m0/s1. The molecule has 4 heterocycles. The van der Waals surface area contributed by atoms with Gasteiger partial charge >= 0.3 is 6.18 Å². The van der Waals surface area contributed by atoms with Gasteiger partial charge in [-0.2, -0.15) is 18.2 Å². The Labute approximate surface area is 195 Å². The van der Waals surface area contributed by atoms with Crippen LogP contribution in [0.25, 0.3) is 0 Å². The van der Waals surface area contributed by atoms with Crippen molar-refractivity contribution >= 4 is 5.95 Å². The van der Waals surface area contributed by atoms with Gasteiger partial charge in [-0.05, 0) is 32.6 Å². The maximum Gasteiger partial charge on any atom is 0.423 e. The van der Waals surface area contributed by atoms with Gasteiger partial charge in [0.15, 0.2) is 0 Å². The molecular formula is C22H29F3N6O3. The lowest BCUT2D eigenvalue weighted by molar-refractivity contribution is -0.142. The van der Waals surface area contributed by atoms with E-state index in [-0.39, 0.29) is 37.2 Å². The van der Waals surface area contributed by atoms with Crippen LogP contribution in [0.2, 0.25) is 0 Å². The van der Waals surface area contributed by atoms with Crippen molar-refractivity contribution in [1.82, 2.24) is 24.7 Å². The largest absolute Gasteiger partial charge is 0.469 e. The predicted molar refractivity (Wildman–Crippen MR) is 115 cm³/mol. The van der Waals surface area contributed by atoms with Crippen molar-refractivity contribution in [2.24, 2.45) is 0 Å². The Balaban J connectivity index is 1.27. The molecule has 0 spiro atoms. The number of alkyl halides is 3. The van der Waals surface area contributed by atoms with E-state index in [1.54, 1.807) is 0 Å². The normalized spacial score (nSPS) is 25.5. The monoisotopic (exact) mass is 482 g/mol. The van der Waals surface area contributed by atoms with E-state index >= 15 is 0 Å². The number of fused-ring (bicyclic) bond motifs is 1. The number of rotatable bonds is 7. The van der Waals surface area contributed by atoms with Gasteiger partial charge in [0.25, 0.3) is 0 Å². The third-order valence-corrected chi connectivity index (χ3v) is 6.66. The van der Waals surface area contributed by atoms with Crippen LogP contribution in [0.3, 0.4) is 0 Å². The summed E-state index contributed by atoms with van der Waals surface area (Å²) < 4.78 is 58.6. The van der Waals surface area contributed by atoms with Crippen molar-refractivity contribution in [1.29, 1.82) is 0 Å². The van der Waals surface area contributed by atoms with Crippen LogP contribution in [-0.4, -0.2) is 62.8 Å². The molecule has 0 radical (unpaired) electrons. The Bertz CT molecular complexity index is 997. The molecule has 2 aliphatic heterocycles. The molecule has 1 saturated carbocycles. The fourth-order valence-corrected chi connectivity index (χ4v) is 4.90. The average Bonchev–Trinajstić information content (AvgIpc) is 3.19. The molecule has 0 bridgehead atoms. The number of ether oxygens (including phenoxy) is 3. The molecule has 3 atom stereocenters. The van der Waals surface area contributed by atoms with Gasteiger partial charge in [0.05, 0.1) is 19.3 Å². The van der Waals surface area contributed by atoms with Crippen LogP contribution in [0.15, 0.2) is 6.20 Å². The van der Waals surface area contributed by atoms with Crippen LogP contribution in [0, 0.1) is 0 Å².